The van der Waals surface area contributed by atoms with Crippen LogP contribution in [0.1, 0.15) is 16.7 Å². The summed E-state index contributed by atoms with van der Waals surface area (Å²) in [5, 5.41) is 3.04. The average molecular weight is 392 g/mol. The molecule has 1 atom stereocenters. The van der Waals surface area contributed by atoms with Gasteiger partial charge < -0.3 is 15.0 Å². The summed E-state index contributed by atoms with van der Waals surface area (Å²) in [6.07, 6.45) is 0. The normalized spacial score (nSPS) is 11.9. The van der Waals surface area contributed by atoms with Gasteiger partial charge in [-0.3, -0.25) is 4.79 Å². The minimum Gasteiger partial charge on any atom is -0.496 e. The molecule has 2 rings (SSSR count). The smallest absolute Gasteiger partial charge is 0.279 e. The van der Waals surface area contributed by atoms with Crippen LogP contribution in [-0.2, 0) is 11.3 Å². The Morgan fingerprint density at radius 2 is 1.88 bits per heavy atom. The van der Waals surface area contributed by atoms with E-state index in [4.69, 9.17) is 4.74 Å². The number of hydrogen-bond donors (Lipinski definition) is 2. The van der Waals surface area contributed by atoms with Crippen molar-refractivity contribution >= 4 is 27.5 Å². The fourth-order valence-corrected chi connectivity index (χ4v) is 3.29. The van der Waals surface area contributed by atoms with E-state index in [1.54, 1.807) is 7.11 Å². The standard InChI is InChI=1S/C19H23BrN2O2/c1-13-6-5-7-14(2)19(13)21-18(23)12-22(3)11-15-8-9-17(24-4)16(20)10-15/h5-10H,11-12H2,1-4H3,(H,21,23)/p+1. The van der Waals surface area contributed by atoms with Crippen molar-refractivity contribution in [3.63, 3.8) is 0 Å². The first-order valence-corrected chi connectivity index (χ1v) is 8.69. The molecule has 1 unspecified atom stereocenters. The minimum absolute atomic E-state index is 0.0254. The van der Waals surface area contributed by atoms with E-state index in [2.05, 4.69) is 21.2 Å². The molecule has 0 aliphatic rings. The second-order valence-electron chi connectivity index (χ2n) is 6.09. The number of carbonyl (C=O) groups is 1. The van der Waals surface area contributed by atoms with Crippen LogP contribution in [0.3, 0.4) is 0 Å². The Labute approximate surface area is 151 Å². The molecule has 0 saturated heterocycles. The molecule has 0 spiro atoms. The van der Waals surface area contributed by atoms with Crippen LogP contribution < -0.4 is 15.0 Å². The monoisotopic (exact) mass is 391 g/mol. The van der Waals surface area contributed by atoms with Crippen LogP contribution in [-0.4, -0.2) is 26.6 Å². The lowest BCUT2D eigenvalue weighted by Crippen LogP contribution is -3.08. The summed E-state index contributed by atoms with van der Waals surface area (Å²) in [5.41, 5.74) is 4.24. The summed E-state index contributed by atoms with van der Waals surface area (Å²) in [5.74, 6) is 0.835. The van der Waals surface area contributed by atoms with E-state index in [0.29, 0.717) is 6.54 Å². The van der Waals surface area contributed by atoms with Gasteiger partial charge in [0.25, 0.3) is 5.91 Å². The quantitative estimate of drug-likeness (QED) is 0.794. The summed E-state index contributed by atoms with van der Waals surface area (Å²) < 4.78 is 6.17. The van der Waals surface area contributed by atoms with E-state index in [1.165, 1.54) is 0 Å². The predicted molar refractivity (Wildman–Crippen MR) is 101 cm³/mol. The molecule has 0 aliphatic heterocycles. The van der Waals surface area contributed by atoms with Crippen molar-refractivity contribution in [3.8, 4) is 5.75 Å². The number of carbonyl (C=O) groups excluding carboxylic acids is 1. The third-order valence-electron chi connectivity index (χ3n) is 3.93. The van der Waals surface area contributed by atoms with Gasteiger partial charge in [-0.25, -0.2) is 0 Å². The van der Waals surface area contributed by atoms with Crippen molar-refractivity contribution in [1.82, 2.24) is 0 Å². The van der Waals surface area contributed by atoms with E-state index in [-0.39, 0.29) is 5.91 Å². The van der Waals surface area contributed by atoms with Crippen molar-refractivity contribution in [1.29, 1.82) is 0 Å². The van der Waals surface area contributed by atoms with Gasteiger partial charge >= 0.3 is 0 Å². The van der Waals surface area contributed by atoms with Gasteiger partial charge in [0.05, 0.1) is 18.6 Å². The van der Waals surface area contributed by atoms with Gasteiger partial charge in [0.1, 0.15) is 12.3 Å². The third kappa shape index (κ3) is 4.82. The fourth-order valence-electron chi connectivity index (χ4n) is 2.70. The lowest BCUT2D eigenvalue weighted by Gasteiger charge is -2.16. The van der Waals surface area contributed by atoms with Crippen LogP contribution in [0.15, 0.2) is 40.9 Å². The van der Waals surface area contributed by atoms with Gasteiger partial charge in [0, 0.05) is 11.3 Å². The number of rotatable bonds is 6. The molecule has 0 aromatic heterocycles. The van der Waals surface area contributed by atoms with Crippen LogP contribution in [0, 0.1) is 13.8 Å². The molecule has 0 aliphatic carbocycles. The lowest BCUT2D eigenvalue weighted by molar-refractivity contribution is -0.885. The first-order valence-electron chi connectivity index (χ1n) is 7.90. The Kier molecular flexibility index (Phi) is 6.40. The first kappa shape index (κ1) is 18.5. The van der Waals surface area contributed by atoms with E-state index in [1.807, 2.05) is 57.3 Å². The molecule has 5 heteroatoms. The number of likely N-dealkylation sites (N-methyl/N-ethyl adjacent to an activating group) is 1. The number of nitrogens with one attached hydrogen (secondary N) is 2. The molecular weight excluding hydrogens is 368 g/mol. The van der Waals surface area contributed by atoms with Crippen molar-refractivity contribution in [2.45, 2.75) is 20.4 Å². The van der Waals surface area contributed by atoms with E-state index >= 15 is 0 Å². The summed E-state index contributed by atoms with van der Waals surface area (Å²) >= 11 is 3.49. The molecule has 2 aromatic carbocycles. The summed E-state index contributed by atoms with van der Waals surface area (Å²) in [7, 11) is 3.66. The van der Waals surface area contributed by atoms with Gasteiger partial charge in [-0.05, 0) is 59.1 Å². The SMILES string of the molecule is COc1ccc(C[NH+](C)CC(=O)Nc2c(C)cccc2C)cc1Br. The van der Waals surface area contributed by atoms with Gasteiger partial charge in [0.15, 0.2) is 6.54 Å². The molecule has 1 amide bonds. The number of hydrogen-bond acceptors (Lipinski definition) is 2. The second kappa shape index (κ2) is 8.31. The van der Waals surface area contributed by atoms with Crippen LogP contribution in [0.4, 0.5) is 5.69 Å². The predicted octanol–water partition coefficient (Wildman–Crippen LogP) is 2.73. The highest BCUT2D eigenvalue weighted by Crippen LogP contribution is 2.25. The Morgan fingerprint density at radius 3 is 2.46 bits per heavy atom. The highest BCUT2D eigenvalue weighted by atomic mass is 79.9. The van der Waals surface area contributed by atoms with Crippen LogP contribution in [0.2, 0.25) is 0 Å². The zero-order valence-electron chi connectivity index (χ0n) is 14.6. The van der Waals surface area contributed by atoms with Gasteiger partial charge in [-0.2, -0.15) is 0 Å². The molecular formula is C19H24BrN2O2+. The van der Waals surface area contributed by atoms with E-state index in [0.717, 1.165) is 44.0 Å². The molecule has 24 heavy (non-hydrogen) atoms. The van der Waals surface area contributed by atoms with Gasteiger partial charge in [-0.15, -0.1) is 0 Å². The number of amides is 1. The minimum atomic E-state index is 0.0254. The molecule has 0 bridgehead atoms. The first-order chi connectivity index (χ1) is 11.4. The zero-order chi connectivity index (χ0) is 17.7. The highest BCUT2D eigenvalue weighted by Gasteiger charge is 2.13. The van der Waals surface area contributed by atoms with Crippen LogP contribution in [0.25, 0.3) is 0 Å². The maximum atomic E-state index is 12.3. The van der Waals surface area contributed by atoms with Crippen LogP contribution in [0.5, 0.6) is 5.75 Å². The largest absolute Gasteiger partial charge is 0.496 e. The zero-order valence-corrected chi connectivity index (χ0v) is 16.2. The van der Waals surface area contributed by atoms with Gasteiger partial charge in [-0.1, -0.05) is 18.2 Å². The number of halogens is 1. The number of quaternary nitrogens is 1. The molecule has 4 nitrogen and oxygen atoms in total. The molecule has 0 saturated carbocycles. The number of para-hydroxylation sites is 1. The van der Waals surface area contributed by atoms with Gasteiger partial charge in [0.2, 0.25) is 0 Å². The maximum Gasteiger partial charge on any atom is 0.279 e. The maximum absolute atomic E-state index is 12.3. The summed E-state index contributed by atoms with van der Waals surface area (Å²) in [6, 6.07) is 12.0. The Morgan fingerprint density at radius 1 is 1.21 bits per heavy atom. The molecule has 2 aromatic rings. The van der Waals surface area contributed by atoms with Crippen molar-refractivity contribution in [2.75, 3.05) is 26.0 Å². The Bertz CT molecular complexity index is 711. The summed E-state index contributed by atoms with van der Waals surface area (Å²) in [6.45, 7) is 5.20. The van der Waals surface area contributed by atoms with Crippen molar-refractivity contribution in [2.24, 2.45) is 0 Å². The third-order valence-corrected chi connectivity index (χ3v) is 4.55. The van der Waals surface area contributed by atoms with E-state index < -0.39 is 0 Å². The lowest BCUT2D eigenvalue weighted by atomic mass is 10.1. The average Bonchev–Trinajstić information content (AvgIpc) is 2.51. The number of benzene rings is 2. The molecule has 0 heterocycles. The second-order valence-corrected chi connectivity index (χ2v) is 6.95. The molecule has 0 fully saturated rings. The number of ether oxygens (including phenoxy) is 1. The number of aryl methyl sites for hydroxylation is 2. The Balaban J connectivity index is 1.95. The summed E-state index contributed by atoms with van der Waals surface area (Å²) in [4.78, 5) is 13.4. The van der Waals surface area contributed by atoms with Crippen molar-refractivity contribution < 1.29 is 14.4 Å². The van der Waals surface area contributed by atoms with E-state index in [9.17, 15) is 4.79 Å². The topological polar surface area (TPSA) is 42.8 Å². The molecule has 2 N–H and O–H groups in total. The number of methoxy groups -OCH3 is 1. The van der Waals surface area contributed by atoms with Crippen molar-refractivity contribution in [3.05, 3.63) is 57.6 Å². The molecule has 128 valence electrons. The molecule has 0 radical (unpaired) electrons. The fraction of sp³-hybridized carbons (Fsp3) is 0.316. The Hall–Kier alpha value is -1.85. The number of anilines is 1. The van der Waals surface area contributed by atoms with Crippen LogP contribution >= 0.6 is 15.9 Å². The highest BCUT2D eigenvalue weighted by molar-refractivity contribution is 9.10.